The summed E-state index contributed by atoms with van der Waals surface area (Å²) in [4.78, 5) is 4.41. The molecule has 2 aromatic rings. The van der Waals surface area contributed by atoms with Gasteiger partial charge >= 0.3 is 0 Å². The van der Waals surface area contributed by atoms with Gasteiger partial charge in [0.05, 0.1) is 11.1 Å². The molecule has 0 unspecified atom stereocenters. The Labute approximate surface area is 104 Å². The van der Waals surface area contributed by atoms with Crippen molar-refractivity contribution in [2.24, 2.45) is 0 Å². The van der Waals surface area contributed by atoms with Crippen molar-refractivity contribution in [1.29, 1.82) is 0 Å². The summed E-state index contributed by atoms with van der Waals surface area (Å²) in [6.45, 7) is 2.61. The Morgan fingerprint density at radius 3 is 3.14 bits per heavy atom. The molecule has 5 heteroatoms. The number of aromatic nitrogens is 2. The lowest BCUT2D eigenvalue weighted by atomic mass is 10.5. The summed E-state index contributed by atoms with van der Waals surface area (Å²) >= 11 is 5.63. The normalized spacial score (nSPS) is 10.8. The first kappa shape index (κ1) is 10.2. The fraction of sp³-hybridized carbons (Fsp3) is 0.222. The highest BCUT2D eigenvalue weighted by atomic mass is 127. The molecule has 0 spiro atoms. The molecule has 14 heavy (non-hydrogen) atoms. The SMILES string of the molecule is CCOc1c(I)nc2c(Br)cccn12. The van der Waals surface area contributed by atoms with E-state index in [1.54, 1.807) is 0 Å². The van der Waals surface area contributed by atoms with Gasteiger partial charge in [0, 0.05) is 6.20 Å². The van der Waals surface area contributed by atoms with E-state index in [1.165, 1.54) is 0 Å². The third-order valence-corrected chi connectivity index (χ3v) is 3.12. The van der Waals surface area contributed by atoms with Crippen LogP contribution in [-0.2, 0) is 0 Å². The summed E-state index contributed by atoms with van der Waals surface area (Å²) in [6.07, 6.45) is 1.94. The van der Waals surface area contributed by atoms with Gasteiger partial charge in [0.25, 0.3) is 0 Å². The smallest absolute Gasteiger partial charge is 0.232 e. The summed E-state index contributed by atoms with van der Waals surface area (Å²) in [7, 11) is 0. The van der Waals surface area contributed by atoms with Crippen LogP contribution in [0.4, 0.5) is 0 Å². The van der Waals surface area contributed by atoms with Crippen molar-refractivity contribution in [1.82, 2.24) is 9.38 Å². The Hall–Kier alpha value is -0.300. The van der Waals surface area contributed by atoms with Gasteiger partial charge in [-0.25, -0.2) is 4.98 Å². The van der Waals surface area contributed by atoms with E-state index in [9.17, 15) is 0 Å². The van der Waals surface area contributed by atoms with Crippen LogP contribution in [0.5, 0.6) is 5.88 Å². The average molecular weight is 367 g/mol. The topological polar surface area (TPSA) is 26.5 Å². The van der Waals surface area contributed by atoms with Crippen LogP contribution in [0.25, 0.3) is 5.65 Å². The van der Waals surface area contributed by atoms with Gasteiger partial charge in [-0.3, -0.25) is 4.40 Å². The molecule has 2 rings (SSSR count). The van der Waals surface area contributed by atoms with Gasteiger partial charge in [0.2, 0.25) is 5.88 Å². The molecule has 0 bridgehead atoms. The Morgan fingerprint density at radius 2 is 2.43 bits per heavy atom. The number of pyridine rings is 1. The van der Waals surface area contributed by atoms with Crippen LogP contribution < -0.4 is 4.74 Å². The Bertz CT molecular complexity index is 469. The summed E-state index contributed by atoms with van der Waals surface area (Å²) < 4.78 is 9.32. The molecule has 0 aromatic carbocycles. The lowest BCUT2D eigenvalue weighted by Crippen LogP contribution is -1.96. The zero-order valence-corrected chi connectivity index (χ0v) is 11.2. The number of fused-ring (bicyclic) bond motifs is 1. The summed E-state index contributed by atoms with van der Waals surface area (Å²) in [5.74, 6) is 0.810. The van der Waals surface area contributed by atoms with Crippen molar-refractivity contribution in [3.8, 4) is 5.88 Å². The molecule has 0 saturated carbocycles. The molecule has 0 aliphatic heterocycles. The summed E-state index contributed by atoms with van der Waals surface area (Å²) in [5.41, 5.74) is 0.889. The predicted molar refractivity (Wildman–Crippen MR) is 66.8 cm³/mol. The number of nitrogens with zero attached hydrogens (tertiary/aromatic N) is 2. The third-order valence-electron chi connectivity index (χ3n) is 1.80. The van der Waals surface area contributed by atoms with E-state index in [0.29, 0.717) is 6.61 Å². The van der Waals surface area contributed by atoms with Crippen molar-refractivity contribution in [3.05, 3.63) is 26.5 Å². The zero-order chi connectivity index (χ0) is 10.1. The number of hydrogen-bond donors (Lipinski definition) is 0. The van der Waals surface area contributed by atoms with Crippen LogP contribution >= 0.6 is 38.5 Å². The van der Waals surface area contributed by atoms with Crippen molar-refractivity contribution < 1.29 is 4.74 Å². The van der Waals surface area contributed by atoms with E-state index in [-0.39, 0.29) is 0 Å². The fourth-order valence-corrected chi connectivity index (χ4v) is 2.33. The van der Waals surface area contributed by atoms with Gasteiger partial charge in [0.1, 0.15) is 0 Å². The lowest BCUT2D eigenvalue weighted by molar-refractivity contribution is 0.321. The number of rotatable bonds is 2. The molecule has 2 heterocycles. The second-order valence-corrected chi connectivity index (χ2v) is 4.57. The molecule has 0 N–H and O–H groups in total. The number of halogens is 2. The van der Waals surface area contributed by atoms with Gasteiger partial charge in [-0.1, -0.05) is 0 Å². The van der Waals surface area contributed by atoms with Gasteiger partial charge in [-0.2, -0.15) is 0 Å². The monoisotopic (exact) mass is 366 g/mol. The van der Waals surface area contributed by atoms with E-state index in [1.807, 2.05) is 29.7 Å². The Morgan fingerprint density at radius 1 is 1.64 bits per heavy atom. The van der Waals surface area contributed by atoms with Crippen LogP contribution in [0, 0.1) is 3.70 Å². The highest BCUT2D eigenvalue weighted by Gasteiger charge is 2.11. The molecule has 0 saturated heterocycles. The van der Waals surface area contributed by atoms with E-state index < -0.39 is 0 Å². The van der Waals surface area contributed by atoms with Crippen LogP contribution in [0.3, 0.4) is 0 Å². The second-order valence-electron chi connectivity index (χ2n) is 2.69. The maximum atomic E-state index is 5.52. The molecule has 0 fully saturated rings. The minimum atomic E-state index is 0.649. The standard InChI is InChI=1S/C9H8BrIN2O/c1-2-14-9-7(11)12-8-6(10)4-3-5-13(8)9/h3-5H,2H2,1H3. The highest BCUT2D eigenvalue weighted by molar-refractivity contribution is 14.1. The molecular weight excluding hydrogens is 359 g/mol. The van der Waals surface area contributed by atoms with Gasteiger partial charge < -0.3 is 4.74 Å². The average Bonchev–Trinajstić information content (AvgIpc) is 2.47. The minimum Gasteiger partial charge on any atom is -0.477 e. The van der Waals surface area contributed by atoms with Crippen LogP contribution in [0.2, 0.25) is 0 Å². The lowest BCUT2D eigenvalue weighted by Gasteiger charge is -2.02. The van der Waals surface area contributed by atoms with Gasteiger partial charge in [-0.15, -0.1) is 0 Å². The van der Waals surface area contributed by atoms with Crippen molar-refractivity contribution >= 4 is 44.2 Å². The summed E-state index contributed by atoms with van der Waals surface area (Å²) in [5, 5.41) is 0. The molecule has 0 aliphatic rings. The van der Waals surface area contributed by atoms with Crippen LogP contribution in [0.1, 0.15) is 6.92 Å². The molecule has 0 atom stereocenters. The minimum absolute atomic E-state index is 0.649. The first-order chi connectivity index (χ1) is 6.74. The molecular formula is C9H8BrIN2O. The first-order valence-electron chi connectivity index (χ1n) is 4.19. The number of imidazole rings is 1. The van der Waals surface area contributed by atoms with Crippen molar-refractivity contribution in [3.63, 3.8) is 0 Å². The molecule has 0 amide bonds. The Kier molecular flexibility index (Phi) is 2.96. The molecule has 0 radical (unpaired) electrons. The number of ether oxygens (including phenoxy) is 1. The van der Waals surface area contributed by atoms with Crippen LogP contribution in [0.15, 0.2) is 22.8 Å². The maximum absolute atomic E-state index is 5.52. The van der Waals surface area contributed by atoms with E-state index in [0.717, 1.165) is 19.7 Å². The van der Waals surface area contributed by atoms with E-state index >= 15 is 0 Å². The predicted octanol–water partition coefficient (Wildman–Crippen LogP) is 3.10. The Balaban J connectivity index is 2.70. The van der Waals surface area contributed by atoms with E-state index in [2.05, 4.69) is 43.5 Å². The fourth-order valence-electron chi connectivity index (χ4n) is 1.25. The quantitative estimate of drug-likeness (QED) is 0.763. The summed E-state index contributed by atoms with van der Waals surface area (Å²) in [6, 6.07) is 3.92. The number of hydrogen-bond acceptors (Lipinski definition) is 2. The highest BCUT2D eigenvalue weighted by Crippen LogP contribution is 2.26. The van der Waals surface area contributed by atoms with Crippen molar-refractivity contribution in [2.45, 2.75) is 6.92 Å². The maximum Gasteiger partial charge on any atom is 0.232 e. The van der Waals surface area contributed by atoms with Gasteiger partial charge in [0.15, 0.2) is 9.35 Å². The van der Waals surface area contributed by atoms with E-state index in [4.69, 9.17) is 4.74 Å². The first-order valence-corrected chi connectivity index (χ1v) is 6.06. The second kappa shape index (κ2) is 4.06. The molecule has 3 nitrogen and oxygen atoms in total. The van der Waals surface area contributed by atoms with Crippen LogP contribution in [-0.4, -0.2) is 16.0 Å². The zero-order valence-electron chi connectivity index (χ0n) is 7.50. The molecule has 74 valence electrons. The van der Waals surface area contributed by atoms with Crippen molar-refractivity contribution in [2.75, 3.05) is 6.61 Å². The largest absolute Gasteiger partial charge is 0.477 e. The third kappa shape index (κ3) is 1.63. The molecule has 2 aromatic heterocycles. The molecule has 0 aliphatic carbocycles. The van der Waals surface area contributed by atoms with Gasteiger partial charge in [-0.05, 0) is 57.6 Å².